The van der Waals surface area contributed by atoms with Crippen LogP contribution in [0.2, 0.25) is 0 Å². The number of likely N-dealkylation sites (tertiary alicyclic amines) is 1. The Hall–Kier alpha value is -2.50. The number of benzene rings is 1. The molecule has 1 aromatic heterocycles. The van der Waals surface area contributed by atoms with Gasteiger partial charge in [0.2, 0.25) is 0 Å². The highest BCUT2D eigenvalue weighted by Gasteiger charge is 2.53. The van der Waals surface area contributed by atoms with E-state index in [0.717, 1.165) is 60.8 Å². The minimum Gasteiger partial charge on any atom is -0.444 e. The zero-order valence-corrected chi connectivity index (χ0v) is 17.5. The van der Waals surface area contributed by atoms with E-state index in [-0.39, 0.29) is 23.6 Å². The molecule has 3 aliphatic rings. The lowest BCUT2D eigenvalue weighted by Crippen LogP contribution is -2.52. The molecule has 2 unspecified atom stereocenters. The van der Waals surface area contributed by atoms with Gasteiger partial charge in [0.25, 0.3) is 5.91 Å². The van der Waals surface area contributed by atoms with Crippen LogP contribution in [-0.4, -0.2) is 45.2 Å². The minimum absolute atomic E-state index is 0.00328. The fraction of sp³-hybridized carbons (Fsp3) is 0.565. The van der Waals surface area contributed by atoms with Crippen LogP contribution < -0.4 is 5.32 Å². The maximum absolute atomic E-state index is 13.5. The van der Waals surface area contributed by atoms with Gasteiger partial charge in [0, 0.05) is 35.7 Å². The van der Waals surface area contributed by atoms with E-state index in [9.17, 15) is 9.59 Å². The number of rotatable bonds is 2. The van der Waals surface area contributed by atoms with Crippen molar-refractivity contribution in [2.75, 3.05) is 6.54 Å². The van der Waals surface area contributed by atoms with Gasteiger partial charge in [-0.2, -0.15) is 0 Å². The predicted molar refractivity (Wildman–Crippen MR) is 111 cm³/mol. The third-order valence-electron chi connectivity index (χ3n) is 6.60. The van der Waals surface area contributed by atoms with Crippen LogP contribution in [-0.2, 0) is 17.7 Å². The van der Waals surface area contributed by atoms with E-state index in [1.54, 1.807) is 0 Å². The SMILES string of the molecule is CC(C)(C)OC(=O)N1CC2(NC(=O)c3c4n(c5ccccc35)CCC4)CCC1C2. The largest absolute Gasteiger partial charge is 0.444 e. The summed E-state index contributed by atoms with van der Waals surface area (Å²) in [6.07, 6.45) is 4.39. The number of hydrogen-bond donors (Lipinski definition) is 1. The third kappa shape index (κ3) is 3.00. The molecule has 2 fully saturated rings. The highest BCUT2D eigenvalue weighted by Crippen LogP contribution is 2.42. The molecule has 3 heterocycles. The zero-order chi connectivity index (χ0) is 20.4. The van der Waals surface area contributed by atoms with Crippen LogP contribution in [0.15, 0.2) is 24.3 Å². The lowest BCUT2D eigenvalue weighted by molar-refractivity contribution is 0.0173. The van der Waals surface area contributed by atoms with E-state index in [2.05, 4.69) is 16.0 Å². The Morgan fingerprint density at radius 3 is 2.83 bits per heavy atom. The topological polar surface area (TPSA) is 63.6 Å². The summed E-state index contributed by atoms with van der Waals surface area (Å²) >= 11 is 0. The van der Waals surface area contributed by atoms with E-state index in [0.29, 0.717) is 6.54 Å². The number of piperidine rings is 1. The Balaban J connectivity index is 1.40. The quantitative estimate of drug-likeness (QED) is 0.840. The van der Waals surface area contributed by atoms with E-state index in [4.69, 9.17) is 4.74 Å². The van der Waals surface area contributed by atoms with Gasteiger partial charge in [-0.1, -0.05) is 18.2 Å². The monoisotopic (exact) mass is 395 g/mol. The van der Waals surface area contributed by atoms with Crippen molar-refractivity contribution in [3.8, 4) is 0 Å². The highest BCUT2D eigenvalue weighted by atomic mass is 16.6. The second kappa shape index (κ2) is 6.25. The van der Waals surface area contributed by atoms with Gasteiger partial charge in [-0.05, 0) is 58.9 Å². The van der Waals surface area contributed by atoms with Crippen LogP contribution in [0.4, 0.5) is 4.79 Å². The second-order valence-corrected chi connectivity index (χ2v) is 9.83. The third-order valence-corrected chi connectivity index (χ3v) is 6.60. The number of para-hydroxylation sites is 1. The highest BCUT2D eigenvalue weighted by molar-refractivity contribution is 6.09. The fourth-order valence-corrected chi connectivity index (χ4v) is 5.48. The Kier molecular flexibility index (Phi) is 3.99. The number of carbonyl (C=O) groups is 2. The van der Waals surface area contributed by atoms with Crippen molar-refractivity contribution < 1.29 is 14.3 Å². The van der Waals surface area contributed by atoms with Crippen LogP contribution in [0.5, 0.6) is 0 Å². The minimum atomic E-state index is -0.513. The normalized spacial score (nSPS) is 25.5. The van der Waals surface area contributed by atoms with Crippen LogP contribution in [0.3, 0.4) is 0 Å². The van der Waals surface area contributed by atoms with E-state index in [1.165, 1.54) is 0 Å². The summed E-state index contributed by atoms with van der Waals surface area (Å²) in [4.78, 5) is 27.9. The van der Waals surface area contributed by atoms with E-state index < -0.39 is 5.60 Å². The summed E-state index contributed by atoms with van der Waals surface area (Å²) < 4.78 is 7.88. The molecular formula is C23H29N3O3. The second-order valence-electron chi connectivity index (χ2n) is 9.83. The maximum Gasteiger partial charge on any atom is 0.410 e. The average Bonchev–Trinajstić information content (AvgIpc) is 3.38. The van der Waals surface area contributed by atoms with Crippen molar-refractivity contribution in [1.29, 1.82) is 0 Å². The summed E-state index contributed by atoms with van der Waals surface area (Å²) in [5.74, 6) is 0.00328. The van der Waals surface area contributed by atoms with Crippen molar-refractivity contribution in [1.82, 2.24) is 14.8 Å². The molecular weight excluding hydrogens is 366 g/mol. The first-order valence-electron chi connectivity index (χ1n) is 10.7. The number of amides is 2. The van der Waals surface area contributed by atoms with Gasteiger partial charge in [-0.15, -0.1) is 0 Å². The van der Waals surface area contributed by atoms with Crippen LogP contribution in [0.1, 0.15) is 62.5 Å². The fourth-order valence-electron chi connectivity index (χ4n) is 5.48. The molecule has 0 radical (unpaired) electrons. The molecule has 2 bridgehead atoms. The van der Waals surface area contributed by atoms with Crippen LogP contribution in [0.25, 0.3) is 10.9 Å². The van der Waals surface area contributed by atoms with Crippen molar-refractivity contribution in [3.63, 3.8) is 0 Å². The zero-order valence-electron chi connectivity index (χ0n) is 17.5. The molecule has 29 heavy (non-hydrogen) atoms. The molecule has 0 spiro atoms. The number of nitrogens with one attached hydrogen (secondary N) is 1. The number of aromatic nitrogens is 1. The summed E-state index contributed by atoms with van der Waals surface area (Å²) in [5.41, 5.74) is 2.27. The molecule has 5 rings (SSSR count). The van der Waals surface area contributed by atoms with Gasteiger partial charge >= 0.3 is 6.09 Å². The number of hydrogen-bond acceptors (Lipinski definition) is 3. The first-order valence-corrected chi connectivity index (χ1v) is 10.7. The van der Waals surface area contributed by atoms with E-state index in [1.807, 2.05) is 43.9 Å². The molecule has 6 nitrogen and oxygen atoms in total. The van der Waals surface area contributed by atoms with Crippen molar-refractivity contribution in [3.05, 3.63) is 35.5 Å². The number of ether oxygens (including phenoxy) is 1. The van der Waals surface area contributed by atoms with Crippen LogP contribution in [0, 0.1) is 0 Å². The lowest BCUT2D eigenvalue weighted by atomic mass is 9.97. The van der Waals surface area contributed by atoms with Gasteiger partial charge in [-0.25, -0.2) is 4.79 Å². The average molecular weight is 396 g/mol. The Morgan fingerprint density at radius 1 is 1.24 bits per heavy atom. The first kappa shape index (κ1) is 18.5. The summed E-state index contributed by atoms with van der Waals surface area (Å²) in [5, 5.41) is 4.39. The molecule has 2 aliphatic heterocycles. The summed E-state index contributed by atoms with van der Waals surface area (Å²) in [6.45, 7) is 7.16. The summed E-state index contributed by atoms with van der Waals surface area (Å²) in [6, 6.07) is 8.34. The number of nitrogens with zero attached hydrogens (tertiary/aromatic N) is 2. The lowest BCUT2D eigenvalue weighted by Gasteiger charge is -2.34. The standard InChI is InChI=1S/C23H29N3O3/c1-22(2,3)29-21(28)26-14-23(11-10-15(26)13-23)24-20(27)19-16-7-4-5-8-17(16)25-12-6-9-18(19)25/h4-5,7-8,15H,6,9-14H2,1-3H3,(H,24,27). The molecule has 2 amide bonds. The van der Waals surface area contributed by atoms with Crippen molar-refractivity contribution >= 4 is 22.9 Å². The maximum atomic E-state index is 13.5. The first-order chi connectivity index (χ1) is 13.8. The molecule has 2 atom stereocenters. The Bertz CT molecular complexity index is 1000. The molecule has 1 saturated heterocycles. The molecule has 1 aromatic carbocycles. The van der Waals surface area contributed by atoms with Gasteiger partial charge in [0.1, 0.15) is 5.60 Å². The van der Waals surface area contributed by atoms with E-state index >= 15 is 0 Å². The van der Waals surface area contributed by atoms with Gasteiger partial charge in [-0.3, -0.25) is 4.79 Å². The van der Waals surface area contributed by atoms with Gasteiger partial charge in [0.05, 0.1) is 11.1 Å². The van der Waals surface area contributed by atoms with Gasteiger partial charge in [0.15, 0.2) is 0 Å². The summed E-state index contributed by atoms with van der Waals surface area (Å²) in [7, 11) is 0. The molecule has 6 heteroatoms. The Morgan fingerprint density at radius 2 is 2.03 bits per heavy atom. The molecule has 1 saturated carbocycles. The number of carbonyl (C=O) groups excluding carboxylic acids is 2. The van der Waals surface area contributed by atoms with Crippen LogP contribution >= 0.6 is 0 Å². The smallest absolute Gasteiger partial charge is 0.410 e. The van der Waals surface area contributed by atoms with Crippen molar-refractivity contribution in [2.45, 2.75) is 76.6 Å². The number of fused-ring (bicyclic) bond motifs is 5. The molecule has 1 aliphatic carbocycles. The molecule has 2 aromatic rings. The van der Waals surface area contributed by atoms with Crippen molar-refractivity contribution in [2.24, 2.45) is 0 Å². The molecule has 154 valence electrons. The predicted octanol–water partition coefficient (Wildman–Crippen LogP) is 3.86. The molecule has 1 N–H and O–H groups in total. The van der Waals surface area contributed by atoms with Gasteiger partial charge < -0.3 is 19.5 Å². The Labute approximate surface area is 171 Å². The number of aryl methyl sites for hydroxylation is 1.